The van der Waals surface area contributed by atoms with Crippen LogP contribution in [0.15, 0.2) is 54.6 Å². The van der Waals surface area contributed by atoms with Crippen LogP contribution in [0.2, 0.25) is 0 Å². The number of nitrogens with zero attached hydrogens (tertiary/aromatic N) is 1. The van der Waals surface area contributed by atoms with Crippen molar-refractivity contribution in [2.45, 2.75) is 18.7 Å². The van der Waals surface area contributed by atoms with Crippen LogP contribution in [0, 0.1) is 0 Å². The van der Waals surface area contributed by atoms with Gasteiger partial charge in [0.2, 0.25) is 6.10 Å². The second-order valence-electron chi connectivity index (χ2n) is 5.29. The molecule has 1 saturated heterocycles. The van der Waals surface area contributed by atoms with Gasteiger partial charge < -0.3 is 19.2 Å². The van der Waals surface area contributed by atoms with E-state index < -0.39 is 12.1 Å². The van der Waals surface area contributed by atoms with Gasteiger partial charge in [-0.3, -0.25) is 4.79 Å². The Balaban J connectivity index is 1.67. The maximum atomic E-state index is 12.3. The average Bonchev–Trinajstić information content (AvgIpc) is 2.61. The largest absolute Gasteiger partial charge is 0.497 e. The summed E-state index contributed by atoms with van der Waals surface area (Å²) in [5.41, 5.74) is 0.982. The minimum absolute atomic E-state index is 0.179. The number of carbonyl (C=O) groups excluding carboxylic acids is 2. The molecular weight excluding hydrogens is 294 g/mol. The Morgan fingerprint density at radius 3 is 2.30 bits per heavy atom. The third-order valence-corrected chi connectivity index (χ3v) is 3.85. The molecule has 5 heteroatoms. The van der Waals surface area contributed by atoms with E-state index in [1.807, 2.05) is 30.3 Å². The summed E-state index contributed by atoms with van der Waals surface area (Å²) in [7, 11) is 1.58. The van der Waals surface area contributed by atoms with Gasteiger partial charge in [0.1, 0.15) is 23.8 Å². The Morgan fingerprint density at radius 2 is 1.70 bits per heavy atom. The lowest BCUT2D eigenvalue weighted by Gasteiger charge is -2.43. The molecule has 1 aliphatic rings. The lowest BCUT2D eigenvalue weighted by Crippen LogP contribution is -2.67. The molecule has 0 saturated carbocycles. The predicted octanol–water partition coefficient (Wildman–Crippen LogP) is 2.05. The summed E-state index contributed by atoms with van der Waals surface area (Å²) in [5, 5.41) is 0. The number of likely N-dealkylation sites (tertiary alicyclic amines) is 1. The molecule has 0 bridgehead atoms. The number of hydrogen-bond acceptors (Lipinski definition) is 4. The zero-order chi connectivity index (χ0) is 16.2. The Morgan fingerprint density at radius 1 is 1.04 bits per heavy atom. The molecule has 5 nitrogen and oxygen atoms in total. The first-order valence-electron chi connectivity index (χ1n) is 7.33. The van der Waals surface area contributed by atoms with E-state index in [1.54, 1.807) is 31.4 Å². The summed E-state index contributed by atoms with van der Waals surface area (Å²) in [6, 6.07) is 15.9. The van der Waals surface area contributed by atoms with E-state index >= 15 is 0 Å². The van der Waals surface area contributed by atoms with Crippen LogP contribution in [0.1, 0.15) is 5.56 Å². The normalized spacial score (nSPS) is 19.9. The zero-order valence-electron chi connectivity index (χ0n) is 12.7. The van der Waals surface area contributed by atoms with Gasteiger partial charge in [-0.2, -0.15) is 0 Å². The van der Waals surface area contributed by atoms with Gasteiger partial charge in [-0.15, -0.1) is 0 Å². The van der Waals surface area contributed by atoms with Crippen LogP contribution >= 0.6 is 0 Å². The van der Waals surface area contributed by atoms with Crippen molar-refractivity contribution in [2.24, 2.45) is 0 Å². The van der Waals surface area contributed by atoms with Crippen LogP contribution < -0.4 is 9.47 Å². The first-order chi connectivity index (χ1) is 11.2. The van der Waals surface area contributed by atoms with Gasteiger partial charge in [0, 0.05) is 6.54 Å². The van der Waals surface area contributed by atoms with Crippen molar-refractivity contribution in [2.75, 3.05) is 7.11 Å². The number of β-lactam (4-membered cyclic amide) rings is 1. The fourth-order valence-corrected chi connectivity index (χ4v) is 2.57. The lowest BCUT2D eigenvalue weighted by molar-refractivity contribution is -0.166. The second kappa shape index (κ2) is 6.52. The van der Waals surface area contributed by atoms with Gasteiger partial charge in [0.05, 0.1) is 7.11 Å². The summed E-state index contributed by atoms with van der Waals surface area (Å²) >= 11 is 0. The minimum Gasteiger partial charge on any atom is -0.497 e. The molecule has 2 aromatic rings. The molecule has 1 amide bonds. The molecular formula is C18H17NO4. The van der Waals surface area contributed by atoms with Gasteiger partial charge in [0.25, 0.3) is 5.91 Å². The summed E-state index contributed by atoms with van der Waals surface area (Å²) in [6.07, 6.45) is 0.00281. The number of rotatable bonds is 6. The number of hydrogen-bond donors (Lipinski definition) is 0. The second-order valence-corrected chi connectivity index (χ2v) is 5.29. The molecule has 23 heavy (non-hydrogen) atoms. The first kappa shape index (κ1) is 15.1. The third-order valence-electron chi connectivity index (χ3n) is 3.85. The molecule has 118 valence electrons. The number of carbonyl (C=O) groups is 2. The van der Waals surface area contributed by atoms with Crippen LogP contribution in [-0.2, 0) is 16.1 Å². The Bertz CT molecular complexity index is 684. The molecule has 0 N–H and O–H groups in total. The molecule has 0 aromatic heterocycles. The van der Waals surface area contributed by atoms with E-state index in [2.05, 4.69) is 0 Å². The van der Waals surface area contributed by atoms with Crippen LogP contribution in [0.4, 0.5) is 0 Å². The highest BCUT2D eigenvalue weighted by Gasteiger charge is 2.49. The van der Waals surface area contributed by atoms with Crippen molar-refractivity contribution < 1.29 is 19.1 Å². The molecule has 1 heterocycles. The van der Waals surface area contributed by atoms with Crippen LogP contribution in [0.3, 0.4) is 0 Å². The summed E-state index contributed by atoms with van der Waals surface area (Å²) < 4.78 is 10.7. The monoisotopic (exact) mass is 311 g/mol. The molecule has 3 rings (SSSR count). The van der Waals surface area contributed by atoms with Crippen LogP contribution in [-0.4, -0.2) is 36.3 Å². The summed E-state index contributed by atoms with van der Waals surface area (Å²) in [5.74, 6) is 1.06. The minimum atomic E-state index is -0.760. The standard InChI is InChI=1S/C18H17NO4/c1-22-14-7-9-15(10-8-14)23-17-16(12-20)19(18(17)21)11-13-5-3-2-4-6-13/h2-10,12,16-17H,11H2,1H3/t16-,17-/m1/s1. The number of ether oxygens (including phenoxy) is 2. The van der Waals surface area contributed by atoms with Gasteiger partial charge >= 0.3 is 0 Å². The maximum Gasteiger partial charge on any atom is 0.267 e. The Labute approximate surface area is 134 Å². The average molecular weight is 311 g/mol. The number of amides is 1. The van der Waals surface area contributed by atoms with E-state index in [-0.39, 0.29) is 5.91 Å². The molecule has 0 aliphatic carbocycles. The first-order valence-corrected chi connectivity index (χ1v) is 7.33. The molecule has 0 unspecified atom stereocenters. The lowest BCUT2D eigenvalue weighted by atomic mass is 9.98. The SMILES string of the molecule is COc1ccc(O[C@H]2C(=O)N(Cc3ccccc3)[C@@H]2C=O)cc1. The number of methoxy groups -OCH3 is 1. The number of benzene rings is 2. The van der Waals surface area contributed by atoms with Crippen molar-refractivity contribution in [3.63, 3.8) is 0 Å². The summed E-state index contributed by atoms with van der Waals surface area (Å²) in [6.45, 7) is 0.408. The fourth-order valence-electron chi connectivity index (χ4n) is 2.57. The molecule has 2 atom stereocenters. The Kier molecular flexibility index (Phi) is 4.28. The zero-order valence-corrected chi connectivity index (χ0v) is 12.7. The van der Waals surface area contributed by atoms with Gasteiger partial charge in [-0.05, 0) is 29.8 Å². The van der Waals surface area contributed by atoms with Crippen molar-refractivity contribution in [3.05, 3.63) is 60.2 Å². The van der Waals surface area contributed by atoms with E-state index in [9.17, 15) is 9.59 Å². The molecule has 0 spiro atoms. The van der Waals surface area contributed by atoms with Gasteiger partial charge in [-0.1, -0.05) is 30.3 Å². The third kappa shape index (κ3) is 3.04. The van der Waals surface area contributed by atoms with E-state index in [1.165, 1.54) is 4.90 Å². The highest BCUT2D eigenvalue weighted by Crippen LogP contribution is 2.27. The Hall–Kier alpha value is -2.82. The van der Waals surface area contributed by atoms with E-state index in [0.717, 1.165) is 11.8 Å². The summed E-state index contributed by atoms with van der Waals surface area (Å²) in [4.78, 5) is 25.1. The van der Waals surface area contributed by atoms with Crippen molar-refractivity contribution >= 4 is 12.2 Å². The van der Waals surface area contributed by atoms with Crippen molar-refractivity contribution in [3.8, 4) is 11.5 Å². The highest BCUT2D eigenvalue weighted by atomic mass is 16.5. The van der Waals surface area contributed by atoms with Crippen molar-refractivity contribution in [1.29, 1.82) is 0 Å². The van der Waals surface area contributed by atoms with Gasteiger partial charge in [0.15, 0.2) is 0 Å². The van der Waals surface area contributed by atoms with E-state index in [0.29, 0.717) is 18.0 Å². The van der Waals surface area contributed by atoms with Gasteiger partial charge in [-0.25, -0.2) is 0 Å². The predicted molar refractivity (Wildman–Crippen MR) is 84.3 cm³/mol. The molecule has 1 fully saturated rings. The van der Waals surface area contributed by atoms with Crippen LogP contribution in [0.25, 0.3) is 0 Å². The molecule has 2 aromatic carbocycles. The highest BCUT2D eigenvalue weighted by molar-refractivity contribution is 5.95. The van der Waals surface area contributed by atoms with Crippen molar-refractivity contribution in [1.82, 2.24) is 4.90 Å². The molecule has 0 radical (unpaired) electrons. The topological polar surface area (TPSA) is 55.8 Å². The fraction of sp³-hybridized carbons (Fsp3) is 0.222. The quantitative estimate of drug-likeness (QED) is 0.605. The molecule has 1 aliphatic heterocycles. The van der Waals surface area contributed by atoms with E-state index in [4.69, 9.17) is 9.47 Å². The van der Waals surface area contributed by atoms with Crippen LogP contribution in [0.5, 0.6) is 11.5 Å². The maximum absolute atomic E-state index is 12.3. The number of aldehydes is 1. The smallest absolute Gasteiger partial charge is 0.267 e.